The molecule has 4 heteroatoms. The Labute approximate surface area is 133 Å². The Kier molecular flexibility index (Phi) is 4.39. The first-order valence-corrected chi connectivity index (χ1v) is 8.48. The maximum atomic E-state index is 12.7. The Morgan fingerprint density at radius 3 is 3.00 bits per heavy atom. The third kappa shape index (κ3) is 2.72. The van der Waals surface area contributed by atoms with E-state index in [-0.39, 0.29) is 6.03 Å². The van der Waals surface area contributed by atoms with E-state index in [4.69, 9.17) is 0 Å². The van der Waals surface area contributed by atoms with Gasteiger partial charge in [0.05, 0.1) is 0 Å². The van der Waals surface area contributed by atoms with Gasteiger partial charge in [0.15, 0.2) is 0 Å². The second-order valence-electron chi connectivity index (χ2n) is 6.74. The summed E-state index contributed by atoms with van der Waals surface area (Å²) in [5.41, 5.74) is 3.74. The molecule has 2 heterocycles. The maximum Gasteiger partial charge on any atom is 0.322 e. The van der Waals surface area contributed by atoms with Gasteiger partial charge in [0.1, 0.15) is 0 Å². The van der Waals surface area contributed by atoms with Crippen LogP contribution in [-0.4, -0.2) is 43.7 Å². The number of hydrogen-bond acceptors (Lipinski definition) is 2. The fourth-order valence-electron chi connectivity index (χ4n) is 3.80. The van der Waals surface area contributed by atoms with Gasteiger partial charge < -0.3 is 10.2 Å². The highest BCUT2D eigenvalue weighted by atomic mass is 16.2. The predicted octanol–water partition coefficient (Wildman–Crippen LogP) is 3.11. The molecule has 0 saturated carbocycles. The van der Waals surface area contributed by atoms with Crippen LogP contribution >= 0.6 is 0 Å². The summed E-state index contributed by atoms with van der Waals surface area (Å²) in [6.07, 6.45) is 3.19. The molecule has 2 aliphatic rings. The first kappa shape index (κ1) is 15.3. The van der Waals surface area contributed by atoms with Crippen LogP contribution < -0.4 is 10.2 Å². The Hall–Kier alpha value is -1.55. The zero-order valence-electron chi connectivity index (χ0n) is 13.9. The van der Waals surface area contributed by atoms with E-state index in [1.807, 2.05) is 4.90 Å². The van der Waals surface area contributed by atoms with Crippen molar-refractivity contribution in [3.63, 3.8) is 0 Å². The fraction of sp³-hybridized carbons (Fsp3) is 0.611. The van der Waals surface area contributed by atoms with Gasteiger partial charge in [-0.3, -0.25) is 4.90 Å². The molecule has 1 fully saturated rings. The first-order valence-electron chi connectivity index (χ1n) is 8.48. The number of unbranched alkanes of at least 4 members (excludes halogenated alkanes) is 1. The minimum Gasteiger partial charge on any atom is -0.338 e. The number of nitrogens with zero attached hydrogens (tertiary/aromatic N) is 2. The topological polar surface area (TPSA) is 35.6 Å². The van der Waals surface area contributed by atoms with Crippen molar-refractivity contribution in [3.05, 3.63) is 29.3 Å². The molecular weight excluding hydrogens is 274 g/mol. The molecule has 3 rings (SSSR count). The lowest BCUT2D eigenvalue weighted by Gasteiger charge is -2.36. The number of piperidine rings is 1. The number of likely N-dealkylation sites (tertiary alicyclic amines) is 1. The molecule has 1 aromatic carbocycles. The second kappa shape index (κ2) is 6.29. The smallest absolute Gasteiger partial charge is 0.322 e. The van der Waals surface area contributed by atoms with E-state index in [1.54, 1.807) is 0 Å². The van der Waals surface area contributed by atoms with Gasteiger partial charge in [-0.1, -0.05) is 31.0 Å². The van der Waals surface area contributed by atoms with Crippen molar-refractivity contribution in [3.8, 4) is 0 Å². The predicted molar refractivity (Wildman–Crippen MR) is 90.6 cm³/mol. The summed E-state index contributed by atoms with van der Waals surface area (Å²) < 4.78 is 0. The quantitative estimate of drug-likeness (QED) is 0.871. The normalized spacial score (nSPS) is 24.0. The fourth-order valence-corrected chi connectivity index (χ4v) is 3.80. The SMILES string of the molecule is CCCCNC(=O)N1c2ccc(C)cc2[C@@H]2CN(C)CC[C@H]21. The molecule has 0 spiro atoms. The summed E-state index contributed by atoms with van der Waals surface area (Å²) in [5.74, 6) is 0.450. The minimum absolute atomic E-state index is 0.0793. The molecule has 1 aromatic rings. The van der Waals surface area contributed by atoms with Crippen molar-refractivity contribution in [2.75, 3.05) is 31.6 Å². The molecule has 120 valence electrons. The lowest BCUT2D eigenvalue weighted by atomic mass is 9.89. The highest BCUT2D eigenvalue weighted by Gasteiger charge is 2.43. The minimum atomic E-state index is 0.0793. The summed E-state index contributed by atoms with van der Waals surface area (Å²) in [4.78, 5) is 17.1. The van der Waals surface area contributed by atoms with E-state index in [1.165, 1.54) is 11.1 Å². The van der Waals surface area contributed by atoms with E-state index < -0.39 is 0 Å². The Balaban J connectivity index is 1.88. The zero-order valence-corrected chi connectivity index (χ0v) is 13.9. The van der Waals surface area contributed by atoms with Crippen LogP contribution in [0.15, 0.2) is 18.2 Å². The van der Waals surface area contributed by atoms with Crippen LogP contribution in [0.2, 0.25) is 0 Å². The first-order chi connectivity index (χ1) is 10.6. The second-order valence-corrected chi connectivity index (χ2v) is 6.74. The Bertz CT molecular complexity index is 557. The molecular formula is C18H27N3O. The number of carbonyl (C=O) groups excluding carboxylic acids is 1. The number of fused-ring (bicyclic) bond motifs is 3. The van der Waals surface area contributed by atoms with Crippen molar-refractivity contribution >= 4 is 11.7 Å². The maximum absolute atomic E-state index is 12.7. The number of benzene rings is 1. The van der Waals surface area contributed by atoms with Crippen molar-refractivity contribution in [1.29, 1.82) is 0 Å². The zero-order chi connectivity index (χ0) is 15.7. The van der Waals surface area contributed by atoms with Gasteiger partial charge in [-0.15, -0.1) is 0 Å². The number of amides is 2. The molecule has 2 amide bonds. The van der Waals surface area contributed by atoms with E-state index >= 15 is 0 Å². The number of aryl methyl sites for hydroxylation is 1. The average molecular weight is 301 g/mol. The molecule has 0 radical (unpaired) electrons. The molecule has 0 unspecified atom stereocenters. The number of likely N-dealkylation sites (N-methyl/N-ethyl adjacent to an activating group) is 1. The van der Waals surface area contributed by atoms with E-state index in [2.05, 4.69) is 49.3 Å². The molecule has 1 saturated heterocycles. The van der Waals surface area contributed by atoms with Crippen LogP contribution in [0.4, 0.5) is 10.5 Å². The highest BCUT2D eigenvalue weighted by Crippen LogP contribution is 2.44. The van der Waals surface area contributed by atoms with Crippen LogP contribution in [0.3, 0.4) is 0 Å². The summed E-state index contributed by atoms with van der Waals surface area (Å²) in [7, 11) is 2.18. The van der Waals surface area contributed by atoms with Crippen molar-refractivity contribution in [1.82, 2.24) is 10.2 Å². The molecule has 0 bridgehead atoms. The monoisotopic (exact) mass is 301 g/mol. The van der Waals surface area contributed by atoms with Gasteiger partial charge >= 0.3 is 6.03 Å². The van der Waals surface area contributed by atoms with Crippen LogP contribution in [-0.2, 0) is 0 Å². The number of hydrogen-bond donors (Lipinski definition) is 1. The molecule has 2 atom stereocenters. The molecule has 1 N–H and O–H groups in total. The molecule has 0 aliphatic carbocycles. The van der Waals surface area contributed by atoms with E-state index in [9.17, 15) is 4.79 Å². The van der Waals surface area contributed by atoms with Gasteiger partial charge in [0.25, 0.3) is 0 Å². The van der Waals surface area contributed by atoms with Crippen LogP contribution in [0.25, 0.3) is 0 Å². The van der Waals surface area contributed by atoms with Crippen molar-refractivity contribution < 1.29 is 4.79 Å². The molecule has 0 aromatic heterocycles. The lowest BCUT2D eigenvalue weighted by molar-refractivity contribution is 0.219. The van der Waals surface area contributed by atoms with E-state index in [0.29, 0.717) is 12.0 Å². The van der Waals surface area contributed by atoms with Gasteiger partial charge in [-0.2, -0.15) is 0 Å². The van der Waals surface area contributed by atoms with Crippen molar-refractivity contribution in [2.24, 2.45) is 0 Å². The Morgan fingerprint density at radius 2 is 2.23 bits per heavy atom. The summed E-state index contributed by atoms with van der Waals surface area (Å²) in [6.45, 7) is 7.15. The van der Waals surface area contributed by atoms with Gasteiger partial charge in [-0.25, -0.2) is 4.79 Å². The summed E-state index contributed by atoms with van der Waals surface area (Å²) in [6, 6.07) is 6.91. The lowest BCUT2D eigenvalue weighted by Crippen LogP contribution is -2.50. The number of anilines is 1. The number of carbonyl (C=O) groups is 1. The summed E-state index contributed by atoms with van der Waals surface area (Å²) in [5, 5.41) is 3.10. The molecule has 4 nitrogen and oxygen atoms in total. The molecule has 2 aliphatic heterocycles. The number of rotatable bonds is 3. The van der Waals surface area contributed by atoms with E-state index in [0.717, 1.165) is 44.6 Å². The standard InChI is InChI=1S/C18H27N3O/c1-4-5-9-19-18(22)21-16-7-6-13(2)11-14(16)15-12-20(3)10-8-17(15)21/h6-7,11,15,17H,4-5,8-10,12H2,1-3H3,(H,19,22)/t15-,17+/m0/s1. The van der Waals surface area contributed by atoms with Gasteiger partial charge in [-0.05, 0) is 45.0 Å². The van der Waals surface area contributed by atoms with Crippen LogP contribution in [0.1, 0.15) is 43.2 Å². The van der Waals surface area contributed by atoms with Crippen LogP contribution in [0.5, 0.6) is 0 Å². The van der Waals surface area contributed by atoms with Crippen molar-refractivity contribution in [2.45, 2.75) is 45.1 Å². The largest absolute Gasteiger partial charge is 0.338 e. The number of urea groups is 1. The average Bonchev–Trinajstić information content (AvgIpc) is 2.80. The van der Waals surface area contributed by atoms with Gasteiger partial charge in [0.2, 0.25) is 0 Å². The third-order valence-electron chi connectivity index (χ3n) is 4.98. The summed E-state index contributed by atoms with van der Waals surface area (Å²) >= 11 is 0. The molecule has 22 heavy (non-hydrogen) atoms. The number of nitrogens with one attached hydrogen (secondary N) is 1. The highest BCUT2D eigenvalue weighted by molar-refractivity contribution is 5.95. The third-order valence-corrected chi connectivity index (χ3v) is 4.98. The Morgan fingerprint density at radius 1 is 1.41 bits per heavy atom. The van der Waals surface area contributed by atoms with Crippen LogP contribution in [0, 0.1) is 6.92 Å². The van der Waals surface area contributed by atoms with Gasteiger partial charge in [0, 0.05) is 30.7 Å².